The highest BCUT2D eigenvalue weighted by atomic mass is 15.3. The van der Waals surface area contributed by atoms with Gasteiger partial charge in [-0.1, -0.05) is 27.7 Å². The van der Waals surface area contributed by atoms with E-state index in [0.717, 1.165) is 31.5 Å². The van der Waals surface area contributed by atoms with E-state index in [-0.39, 0.29) is 5.41 Å². The van der Waals surface area contributed by atoms with Gasteiger partial charge in [-0.05, 0) is 37.0 Å². The third kappa shape index (κ3) is 5.42. The van der Waals surface area contributed by atoms with Crippen LogP contribution in [0.2, 0.25) is 0 Å². The summed E-state index contributed by atoms with van der Waals surface area (Å²) in [4.78, 5) is 6.82. The Balaban J connectivity index is 2.45. The van der Waals surface area contributed by atoms with Crippen LogP contribution in [0.25, 0.3) is 0 Å². The maximum Gasteiger partial charge on any atom is 0.191 e. The van der Waals surface area contributed by atoms with Crippen LogP contribution in [-0.2, 0) is 0 Å². The monoisotopic (exact) mass is 239 g/mol. The predicted molar refractivity (Wildman–Crippen MR) is 75.1 cm³/mol. The highest BCUT2D eigenvalue weighted by Gasteiger charge is 2.20. The average molecular weight is 239 g/mol. The fourth-order valence-electron chi connectivity index (χ4n) is 2.69. The van der Waals surface area contributed by atoms with Crippen LogP contribution in [-0.4, -0.2) is 30.5 Å². The first-order valence-electron chi connectivity index (χ1n) is 6.95. The topological polar surface area (TPSA) is 41.6 Å². The molecule has 0 unspecified atom stereocenters. The van der Waals surface area contributed by atoms with Crippen LogP contribution < -0.4 is 5.73 Å². The molecule has 0 aromatic rings. The maximum absolute atomic E-state index is 6.06. The number of hydrogen-bond acceptors (Lipinski definition) is 1. The second kappa shape index (κ2) is 6.27. The fraction of sp³-hybridized carbons (Fsp3) is 0.929. The van der Waals surface area contributed by atoms with E-state index in [4.69, 9.17) is 5.73 Å². The van der Waals surface area contributed by atoms with Crippen molar-refractivity contribution in [3.05, 3.63) is 0 Å². The Morgan fingerprint density at radius 2 is 1.82 bits per heavy atom. The SMILES string of the molecule is CC(C)CC(C)(C)CN=C(N)N1CCCCC1. The Hall–Kier alpha value is -0.730. The lowest BCUT2D eigenvalue weighted by atomic mass is 9.84. The Morgan fingerprint density at radius 1 is 1.24 bits per heavy atom. The van der Waals surface area contributed by atoms with Crippen LogP contribution in [0.5, 0.6) is 0 Å². The largest absolute Gasteiger partial charge is 0.370 e. The van der Waals surface area contributed by atoms with Crippen molar-refractivity contribution < 1.29 is 0 Å². The van der Waals surface area contributed by atoms with Crippen LogP contribution in [0.1, 0.15) is 53.4 Å². The summed E-state index contributed by atoms with van der Waals surface area (Å²) in [5.41, 5.74) is 6.32. The Morgan fingerprint density at radius 3 is 2.35 bits per heavy atom. The zero-order chi connectivity index (χ0) is 12.9. The minimum Gasteiger partial charge on any atom is -0.370 e. The van der Waals surface area contributed by atoms with Crippen molar-refractivity contribution in [1.82, 2.24) is 4.90 Å². The van der Waals surface area contributed by atoms with Crippen molar-refractivity contribution in [2.45, 2.75) is 53.4 Å². The quantitative estimate of drug-likeness (QED) is 0.605. The summed E-state index contributed by atoms with van der Waals surface area (Å²) < 4.78 is 0. The van der Waals surface area contributed by atoms with Crippen molar-refractivity contribution in [3.63, 3.8) is 0 Å². The zero-order valence-electron chi connectivity index (χ0n) is 12.0. The van der Waals surface area contributed by atoms with Gasteiger partial charge in [-0.3, -0.25) is 4.99 Å². The van der Waals surface area contributed by atoms with E-state index in [0.29, 0.717) is 0 Å². The second-order valence-electron chi connectivity index (χ2n) is 6.48. The van der Waals surface area contributed by atoms with Crippen molar-refractivity contribution in [2.24, 2.45) is 22.1 Å². The molecule has 1 rings (SSSR count). The third-order valence-electron chi connectivity index (χ3n) is 3.31. The average Bonchev–Trinajstić information content (AvgIpc) is 2.25. The zero-order valence-corrected chi connectivity index (χ0v) is 12.0. The number of guanidine groups is 1. The van der Waals surface area contributed by atoms with Gasteiger partial charge in [0.05, 0.1) is 0 Å². The molecule has 17 heavy (non-hydrogen) atoms. The first-order valence-corrected chi connectivity index (χ1v) is 6.95. The number of hydrogen-bond donors (Lipinski definition) is 1. The van der Waals surface area contributed by atoms with E-state index in [1.807, 2.05) is 0 Å². The lowest BCUT2D eigenvalue weighted by Crippen LogP contribution is -2.41. The van der Waals surface area contributed by atoms with Crippen molar-refractivity contribution in [1.29, 1.82) is 0 Å². The molecule has 0 radical (unpaired) electrons. The first-order chi connectivity index (χ1) is 7.91. The molecule has 1 heterocycles. The summed E-state index contributed by atoms with van der Waals surface area (Å²) in [5.74, 6) is 1.47. The van der Waals surface area contributed by atoms with Crippen molar-refractivity contribution >= 4 is 5.96 Å². The maximum atomic E-state index is 6.06. The molecule has 3 heteroatoms. The molecular weight excluding hydrogens is 210 g/mol. The summed E-state index contributed by atoms with van der Waals surface area (Å²) >= 11 is 0. The molecule has 100 valence electrons. The van der Waals surface area contributed by atoms with Gasteiger partial charge in [-0.2, -0.15) is 0 Å². The van der Waals surface area contributed by atoms with Crippen molar-refractivity contribution in [3.8, 4) is 0 Å². The molecule has 0 bridgehead atoms. The Bertz CT molecular complexity index is 250. The molecule has 1 aliphatic heterocycles. The van der Waals surface area contributed by atoms with Gasteiger partial charge >= 0.3 is 0 Å². The molecule has 0 aromatic heterocycles. The minimum absolute atomic E-state index is 0.259. The molecule has 2 N–H and O–H groups in total. The van der Waals surface area contributed by atoms with Crippen LogP contribution in [0.4, 0.5) is 0 Å². The smallest absolute Gasteiger partial charge is 0.191 e. The van der Waals surface area contributed by atoms with Crippen LogP contribution in [0.3, 0.4) is 0 Å². The number of nitrogens with two attached hydrogens (primary N) is 1. The number of piperidine rings is 1. The molecule has 0 aliphatic carbocycles. The number of aliphatic imine (C=N–C) groups is 1. The van der Waals surface area contributed by atoms with Gasteiger partial charge < -0.3 is 10.6 Å². The molecule has 0 saturated carbocycles. The van der Waals surface area contributed by atoms with E-state index in [1.165, 1.54) is 25.7 Å². The van der Waals surface area contributed by atoms with Crippen LogP contribution in [0.15, 0.2) is 4.99 Å². The van der Waals surface area contributed by atoms with Crippen LogP contribution in [0, 0.1) is 11.3 Å². The highest BCUT2D eigenvalue weighted by Crippen LogP contribution is 2.25. The van der Waals surface area contributed by atoms with Gasteiger partial charge in [-0.15, -0.1) is 0 Å². The first kappa shape index (κ1) is 14.3. The normalized spacial score (nSPS) is 18.9. The Labute approximate surface area is 106 Å². The lowest BCUT2D eigenvalue weighted by Gasteiger charge is -2.29. The van der Waals surface area contributed by atoms with E-state index < -0.39 is 0 Å². The molecule has 3 nitrogen and oxygen atoms in total. The van der Waals surface area contributed by atoms with Gasteiger partial charge in [0.15, 0.2) is 5.96 Å². The van der Waals surface area contributed by atoms with Gasteiger partial charge in [0, 0.05) is 19.6 Å². The molecule has 1 fully saturated rings. The minimum atomic E-state index is 0.259. The molecule has 0 amide bonds. The Kier molecular flexibility index (Phi) is 5.29. The fourth-order valence-corrected chi connectivity index (χ4v) is 2.69. The van der Waals surface area contributed by atoms with Crippen molar-refractivity contribution in [2.75, 3.05) is 19.6 Å². The molecular formula is C14H29N3. The molecule has 0 spiro atoms. The summed E-state index contributed by atoms with van der Waals surface area (Å²) in [6, 6.07) is 0. The van der Waals surface area contributed by atoms with E-state index in [9.17, 15) is 0 Å². The molecule has 1 aliphatic rings. The van der Waals surface area contributed by atoms with Gasteiger partial charge in [0.2, 0.25) is 0 Å². The summed E-state index contributed by atoms with van der Waals surface area (Å²) in [7, 11) is 0. The number of nitrogens with zero attached hydrogens (tertiary/aromatic N) is 2. The number of rotatable bonds is 4. The van der Waals surface area contributed by atoms with Crippen LogP contribution >= 0.6 is 0 Å². The van der Waals surface area contributed by atoms with E-state index >= 15 is 0 Å². The lowest BCUT2D eigenvalue weighted by molar-refractivity contribution is 0.293. The number of likely N-dealkylation sites (tertiary alicyclic amines) is 1. The highest BCUT2D eigenvalue weighted by molar-refractivity contribution is 5.78. The summed E-state index contributed by atoms with van der Waals surface area (Å²) in [5, 5.41) is 0. The van der Waals surface area contributed by atoms with Gasteiger partial charge in [0.25, 0.3) is 0 Å². The predicted octanol–water partition coefficient (Wildman–Crippen LogP) is 2.86. The summed E-state index contributed by atoms with van der Waals surface area (Å²) in [6.45, 7) is 12.1. The van der Waals surface area contributed by atoms with E-state index in [2.05, 4.69) is 37.6 Å². The standard InChI is InChI=1S/C14H29N3/c1-12(2)10-14(3,4)11-16-13(15)17-8-6-5-7-9-17/h12H,5-11H2,1-4H3,(H2,15,16). The molecule has 1 saturated heterocycles. The third-order valence-corrected chi connectivity index (χ3v) is 3.31. The van der Waals surface area contributed by atoms with Gasteiger partial charge in [-0.25, -0.2) is 0 Å². The van der Waals surface area contributed by atoms with E-state index in [1.54, 1.807) is 0 Å². The van der Waals surface area contributed by atoms with Gasteiger partial charge in [0.1, 0.15) is 0 Å². The molecule has 0 aromatic carbocycles. The second-order valence-corrected chi connectivity index (χ2v) is 6.48. The summed E-state index contributed by atoms with van der Waals surface area (Å²) in [6.07, 6.45) is 5.05. The molecule has 0 atom stereocenters.